The highest BCUT2D eigenvalue weighted by molar-refractivity contribution is 6.43. The molecule has 2 rings (SSSR count). The lowest BCUT2D eigenvalue weighted by molar-refractivity contribution is -0.0700. The van der Waals surface area contributed by atoms with Gasteiger partial charge in [0.1, 0.15) is 11.9 Å². The lowest BCUT2D eigenvalue weighted by Crippen LogP contribution is -2.63. The van der Waals surface area contributed by atoms with Gasteiger partial charge in [-0.05, 0) is 25.5 Å². The SMILES string of the molecule is CCCNC1CC(Oc2cc(Cl)c(Cl)cc2Cl)C1(C)CC. The van der Waals surface area contributed by atoms with Gasteiger partial charge < -0.3 is 10.1 Å². The molecule has 0 aliphatic heterocycles. The van der Waals surface area contributed by atoms with E-state index < -0.39 is 0 Å². The van der Waals surface area contributed by atoms with Crippen molar-refractivity contribution in [2.24, 2.45) is 5.41 Å². The Morgan fingerprint density at radius 1 is 1.19 bits per heavy atom. The van der Waals surface area contributed by atoms with E-state index >= 15 is 0 Å². The highest BCUT2D eigenvalue weighted by Crippen LogP contribution is 2.47. The molecule has 0 heterocycles. The topological polar surface area (TPSA) is 21.3 Å². The Morgan fingerprint density at radius 3 is 2.48 bits per heavy atom. The molecule has 1 aromatic rings. The van der Waals surface area contributed by atoms with Gasteiger partial charge in [-0.15, -0.1) is 0 Å². The minimum absolute atomic E-state index is 0.116. The first-order chi connectivity index (χ1) is 9.92. The van der Waals surface area contributed by atoms with Crippen molar-refractivity contribution in [1.82, 2.24) is 5.32 Å². The smallest absolute Gasteiger partial charge is 0.139 e. The van der Waals surface area contributed by atoms with Gasteiger partial charge in [-0.3, -0.25) is 0 Å². The van der Waals surface area contributed by atoms with Crippen LogP contribution in [0.2, 0.25) is 15.1 Å². The molecular formula is C16H22Cl3NO. The molecule has 0 amide bonds. The lowest BCUT2D eigenvalue weighted by Gasteiger charge is -2.53. The number of halogens is 3. The molecule has 1 aliphatic rings. The maximum absolute atomic E-state index is 6.20. The first kappa shape index (κ1) is 17.2. The van der Waals surface area contributed by atoms with Gasteiger partial charge in [0, 0.05) is 23.9 Å². The second-order valence-electron chi connectivity index (χ2n) is 5.91. The standard InChI is InChI=1S/C16H22Cl3NO/c1-4-6-20-14-9-15(16(14,3)5-2)21-13-8-11(18)10(17)7-12(13)19/h7-8,14-15,20H,4-6,9H2,1-3H3. The van der Waals surface area contributed by atoms with Crippen molar-refractivity contribution in [2.45, 2.75) is 52.2 Å². The fourth-order valence-corrected chi connectivity index (χ4v) is 3.44. The normalized spacial score (nSPS) is 28.3. The van der Waals surface area contributed by atoms with Crippen LogP contribution >= 0.6 is 34.8 Å². The highest BCUT2D eigenvalue weighted by atomic mass is 35.5. The van der Waals surface area contributed by atoms with Crippen molar-refractivity contribution < 1.29 is 4.74 Å². The first-order valence-corrected chi connectivity index (χ1v) is 8.60. The molecule has 5 heteroatoms. The molecule has 2 nitrogen and oxygen atoms in total. The molecule has 3 unspecified atom stereocenters. The summed E-state index contributed by atoms with van der Waals surface area (Å²) in [6, 6.07) is 3.83. The van der Waals surface area contributed by atoms with Crippen LogP contribution in [-0.4, -0.2) is 18.7 Å². The molecule has 0 bridgehead atoms. The summed E-state index contributed by atoms with van der Waals surface area (Å²) in [6.07, 6.45) is 3.32. The molecule has 21 heavy (non-hydrogen) atoms. The Labute approximate surface area is 142 Å². The van der Waals surface area contributed by atoms with Gasteiger partial charge in [-0.1, -0.05) is 55.6 Å². The van der Waals surface area contributed by atoms with E-state index in [0.29, 0.717) is 26.9 Å². The molecular weight excluding hydrogens is 329 g/mol. The Hall–Kier alpha value is -0.150. The van der Waals surface area contributed by atoms with Crippen LogP contribution in [0.15, 0.2) is 12.1 Å². The number of nitrogens with one attached hydrogen (secondary N) is 1. The fourth-order valence-electron chi connectivity index (χ4n) is 2.86. The van der Waals surface area contributed by atoms with Gasteiger partial charge in [-0.25, -0.2) is 0 Å². The van der Waals surface area contributed by atoms with Gasteiger partial charge in [0.15, 0.2) is 0 Å². The van der Waals surface area contributed by atoms with Crippen LogP contribution in [0.4, 0.5) is 0 Å². The van der Waals surface area contributed by atoms with E-state index in [1.54, 1.807) is 12.1 Å². The zero-order valence-corrected chi connectivity index (χ0v) is 14.9. The molecule has 1 aliphatic carbocycles. The summed E-state index contributed by atoms with van der Waals surface area (Å²) in [4.78, 5) is 0. The molecule has 1 saturated carbocycles. The summed E-state index contributed by atoms with van der Waals surface area (Å²) in [5.41, 5.74) is 0.116. The first-order valence-electron chi connectivity index (χ1n) is 7.47. The number of ether oxygens (including phenoxy) is 1. The van der Waals surface area contributed by atoms with Crippen molar-refractivity contribution in [3.8, 4) is 5.75 Å². The molecule has 1 fully saturated rings. The van der Waals surface area contributed by atoms with Gasteiger partial charge in [0.2, 0.25) is 0 Å². The average Bonchev–Trinajstić information content (AvgIpc) is 2.46. The van der Waals surface area contributed by atoms with Crippen molar-refractivity contribution in [3.05, 3.63) is 27.2 Å². The number of hydrogen-bond acceptors (Lipinski definition) is 2. The van der Waals surface area contributed by atoms with Crippen molar-refractivity contribution >= 4 is 34.8 Å². The largest absolute Gasteiger partial charge is 0.488 e. The highest BCUT2D eigenvalue weighted by Gasteiger charge is 2.51. The van der Waals surface area contributed by atoms with E-state index in [9.17, 15) is 0 Å². The Bertz CT molecular complexity index is 509. The Morgan fingerprint density at radius 2 is 1.86 bits per heavy atom. The summed E-state index contributed by atoms with van der Waals surface area (Å²) >= 11 is 18.2. The predicted octanol–water partition coefficient (Wildman–Crippen LogP) is 5.58. The van der Waals surface area contributed by atoms with Crippen molar-refractivity contribution in [2.75, 3.05) is 6.54 Å². The van der Waals surface area contributed by atoms with Crippen LogP contribution in [-0.2, 0) is 0 Å². The van der Waals surface area contributed by atoms with Crippen LogP contribution in [0.5, 0.6) is 5.75 Å². The molecule has 0 spiro atoms. The number of hydrogen-bond donors (Lipinski definition) is 1. The Kier molecular flexibility index (Phi) is 5.70. The molecule has 1 N–H and O–H groups in total. The van der Waals surface area contributed by atoms with E-state index in [1.165, 1.54) is 0 Å². The average molecular weight is 351 g/mol. The third kappa shape index (κ3) is 3.44. The Balaban J connectivity index is 2.09. The molecule has 0 radical (unpaired) electrons. The second kappa shape index (κ2) is 6.95. The minimum Gasteiger partial charge on any atom is -0.488 e. The quantitative estimate of drug-likeness (QED) is 0.676. The maximum atomic E-state index is 6.20. The van der Waals surface area contributed by atoms with Gasteiger partial charge in [0.05, 0.1) is 15.1 Å². The van der Waals surface area contributed by atoms with E-state index in [-0.39, 0.29) is 11.5 Å². The predicted molar refractivity (Wildman–Crippen MR) is 91.0 cm³/mol. The summed E-state index contributed by atoms with van der Waals surface area (Å²) in [7, 11) is 0. The fraction of sp³-hybridized carbons (Fsp3) is 0.625. The van der Waals surface area contributed by atoms with Gasteiger partial charge in [-0.2, -0.15) is 0 Å². The van der Waals surface area contributed by atoms with Crippen LogP contribution in [0.3, 0.4) is 0 Å². The van der Waals surface area contributed by atoms with E-state index in [1.807, 2.05) is 0 Å². The third-order valence-corrected chi connectivity index (χ3v) is 5.65. The zero-order valence-electron chi connectivity index (χ0n) is 12.7. The van der Waals surface area contributed by atoms with Crippen LogP contribution in [0, 0.1) is 5.41 Å². The molecule has 118 valence electrons. The second-order valence-corrected chi connectivity index (χ2v) is 7.13. The summed E-state index contributed by atoms with van der Waals surface area (Å²) in [6.45, 7) is 7.69. The summed E-state index contributed by atoms with van der Waals surface area (Å²) in [5.74, 6) is 0.615. The summed E-state index contributed by atoms with van der Waals surface area (Å²) in [5, 5.41) is 5.02. The maximum Gasteiger partial charge on any atom is 0.139 e. The molecule has 3 atom stereocenters. The monoisotopic (exact) mass is 349 g/mol. The third-order valence-electron chi connectivity index (χ3n) is 4.63. The number of rotatable bonds is 6. The summed E-state index contributed by atoms with van der Waals surface area (Å²) < 4.78 is 6.12. The number of benzene rings is 1. The minimum atomic E-state index is 0.116. The van der Waals surface area contributed by atoms with E-state index in [0.717, 1.165) is 25.8 Å². The molecule has 1 aromatic carbocycles. The van der Waals surface area contributed by atoms with Gasteiger partial charge in [0.25, 0.3) is 0 Å². The van der Waals surface area contributed by atoms with Crippen LogP contribution in [0.25, 0.3) is 0 Å². The van der Waals surface area contributed by atoms with Crippen LogP contribution in [0.1, 0.15) is 40.0 Å². The molecule has 0 saturated heterocycles. The van der Waals surface area contributed by atoms with E-state index in [2.05, 4.69) is 26.1 Å². The van der Waals surface area contributed by atoms with Crippen molar-refractivity contribution in [3.63, 3.8) is 0 Å². The molecule has 0 aromatic heterocycles. The zero-order chi connectivity index (χ0) is 15.6. The van der Waals surface area contributed by atoms with Gasteiger partial charge >= 0.3 is 0 Å². The van der Waals surface area contributed by atoms with E-state index in [4.69, 9.17) is 39.5 Å². The van der Waals surface area contributed by atoms with Crippen molar-refractivity contribution in [1.29, 1.82) is 0 Å². The lowest BCUT2D eigenvalue weighted by atomic mass is 9.61. The van der Waals surface area contributed by atoms with Crippen LogP contribution < -0.4 is 10.1 Å².